The van der Waals surface area contributed by atoms with Crippen LogP contribution in [0.2, 0.25) is 0 Å². The molecule has 0 amide bonds. The van der Waals surface area contributed by atoms with Crippen LogP contribution in [-0.4, -0.2) is 28.7 Å². The number of fused-ring (bicyclic) bond motifs is 1. The van der Waals surface area contributed by atoms with E-state index in [-0.39, 0.29) is 12.3 Å². The Morgan fingerprint density at radius 1 is 0.943 bits per heavy atom. The first-order valence-corrected chi connectivity index (χ1v) is 13.2. The molecule has 1 heterocycles. The molecule has 0 unspecified atom stereocenters. The summed E-state index contributed by atoms with van der Waals surface area (Å²) in [5.74, 6) is -0.224. The molecule has 5 heteroatoms. The van der Waals surface area contributed by atoms with E-state index < -0.39 is 5.97 Å². The van der Waals surface area contributed by atoms with E-state index in [2.05, 4.69) is 31.2 Å². The molecule has 1 N–H and O–H groups in total. The van der Waals surface area contributed by atoms with Gasteiger partial charge < -0.3 is 9.84 Å². The molecule has 0 aliphatic carbocycles. The summed E-state index contributed by atoms with van der Waals surface area (Å²) in [6.07, 6.45) is 22.1. The van der Waals surface area contributed by atoms with Crippen molar-refractivity contribution in [3.8, 4) is 5.75 Å². The topological polar surface area (TPSA) is 68.5 Å². The number of hydrogen-bond acceptors (Lipinski definition) is 3. The van der Waals surface area contributed by atoms with Gasteiger partial charge in [0, 0.05) is 17.5 Å². The van der Waals surface area contributed by atoms with Crippen molar-refractivity contribution in [3.63, 3.8) is 0 Å². The Hall–Kier alpha value is -2.82. The molecular formula is C30H43NO4. The predicted octanol–water partition coefficient (Wildman–Crippen LogP) is 8.04. The normalized spacial score (nSPS) is 11.7. The fourth-order valence-corrected chi connectivity index (χ4v) is 4.48. The van der Waals surface area contributed by atoms with Gasteiger partial charge in [-0.1, -0.05) is 63.3 Å². The van der Waals surface area contributed by atoms with E-state index in [0.29, 0.717) is 23.4 Å². The molecule has 2 rings (SSSR count). The fourth-order valence-electron chi connectivity index (χ4n) is 4.48. The van der Waals surface area contributed by atoms with Gasteiger partial charge >= 0.3 is 5.97 Å². The molecule has 1 aromatic carbocycles. The zero-order valence-corrected chi connectivity index (χ0v) is 21.9. The van der Waals surface area contributed by atoms with Crippen LogP contribution in [0.3, 0.4) is 0 Å². The van der Waals surface area contributed by atoms with E-state index >= 15 is 0 Å². The van der Waals surface area contributed by atoms with E-state index in [1.54, 1.807) is 11.7 Å². The monoisotopic (exact) mass is 481 g/mol. The average molecular weight is 482 g/mol. The van der Waals surface area contributed by atoms with Crippen molar-refractivity contribution in [3.05, 3.63) is 53.8 Å². The van der Waals surface area contributed by atoms with Crippen LogP contribution in [0.4, 0.5) is 0 Å². The maximum absolute atomic E-state index is 13.0. The summed E-state index contributed by atoms with van der Waals surface area (Å²) in [5.41, 5.74) is 2.15. The number of aliphatic carboxylic acids is 1. The first-order valence-electron chi connectivity index (χ1n) is 13.2. The van der Waals surface area contributed by atoms with Crippen molar-refractivity contribution in [1.29, 1.82) is 0 Å². The van der Waals surface area contributed by atoms with Crippen LogP contribution in [0.25, 0.3) is 10.9 Å². The van der Waals surface area contributed by atoms with Gasteiger partial charge in [0.2, 0.25) is 5.91 Å². The molecule has 0 saturated carbocycles. The molecule has 0 fully saturated rings. The quantitative estimate of drug-likeness (QED) is 0.183. The number of aromatic nitrogens is 1. The molecule has 0 aliphatic rings. The summed E-state index contributed by atoms with van der Waals surface area (Å²) in [5, 5.41) is 10.1. The van der Waals surface area contributed by atoms with Gasteiger partial charge in [-0.2, -0.15) is 0 Å². The average Bonchev–Trinajstić information content (AvgIpc) is 3.11. The van der Waals surface area contributed by atoms with Crippen LogP contribution < -0.4 is 4.74 Å². The highest BCUT2D eigenvalue weighted by Gasteiger charge is 2.20. The van der Waals surface area contributed by atoms with Crippen LogP contribution in [-0.2, 0) is 11.2 Å². The molecule has 0 atom stereocenters. The lowest BCUT2D eigenvalue weighted by molar-refractivity contribution is -0.136. The Morgan fingerprint density at radius 3 is 2.26 bits per heavy atom. The van der Waals surface area contributed by atoms with E-state index in [1.807, 2.05) is 25.1 Å². The van der Waals surface area contributed by atoms with Gasteiger partial charge in [0.15, 0.2) is 0 Å². The van der Waals surface area contributed by atoms with Crippen molar-refractivity contribution in [1.82, 2.24) is 4.57 Å². The smallest absolute Gasteiger partial charge is 0.307 e. The third kappa shape index (κ3) is 9.39. The second-order valence-electron chi connectivity index (χ2n) is 9.23. The number of nitrogens with zero attached hydrogens (tertiary/aromatic N) is 1. The minimum absolute atomic E-state index is 0.0278. The number of carboxylic acid groups (broad SMARTS) is 1. The van der Waals surface area contributed by atoms with Gasteiger partial charge in [-0.3, -0.25) is 14.2 Å². The first-order chi connectivity index (χ1) is 17.0. The Morgan fingerprint density at radius 2 is 1.60 bits per heavy atom. The number of carboxylic acids is 1. The molecule has 192 valence electrons. The number of unbranched alkanes of at least 4 members (excludes halogenated alkanes) is 8. The van der Waals surface area contributed by atoms with Crippen LogP contribution >= 0.6 is 0 Å². The summed E-state index contributed by atoms with van der Waals surface area (Å²) in [6, 6.07) is 5.48. The molecule has 0 aliphatic heterocycles. The highest BCUT2D eigenvalue weighted by Crippen LogP contribution is 2.30. The van der Waals surface area contributed by atoms with Crippen LogP contribution in [0.5, 0.6) is 5.75 Å². The molecule has 35 heavy (non-hydrogen) atoms. The molecular weight excluding hydrogens is 438 g/mol. The number of methoxy groups -OCH3 is 1. The van der Waals surface area contributed by atoms with Gasteiger partial charge in [-0.25, -0.2) is 0 Å². The third-order valence-corrected chi connectivity index (χ3v) is 6.46. The Balaban J connectivity index is 1.74. The number of benzene rings is 1. The first kappa shape index (κ1) is 28.4. The standard InChI is InChI=1S/C30H43NO4/c1-4-5-6-7-8-9-10-11-12-13-14-15-16-17-18-19-29(32)31-24(2)26(23-30(33)34)27-22-25(35-3)20-21-28(27)31/h8-9,11-12,20-22H,4-7,10,13-19,23H2,1-3H3,(H,33,34)/b9-8+,12-11+. The number of rotatable bonds is 17. The maximum Gasteiger partial charge on any atom is 0.307 e. The number of allylic oxidation sites excluding steroid dienone is 4. The highest BCUT2D eigenvalue weighted by molar-refractivity contribution is 5.98. The largest absolute Gasteiger partial charge is 0.497 e. The number of hydrogen-bond donors (Lipinski definition) is 1. The zero-order valence-electron chi connectivity index (χ0n) is 21.9. The van der Waals surface area contributed by atoms with Gasteiger partial charge in [0.25, 0.3) is 0 Å². The Kier molecular flexibility index (Phi) is 13.0. The fraction of sp³-hybridized carbons (Fsp3) is 0.533. The molecule has 5 nitrogen and oxygen atoms in total. The van der Waals surface area contributed by atoms with Crippen molar-refractivity contribution in [2.45, 2.75) is 97.3 Å². The lowest BCUT2D eigenvalue weighted by Crippen LogP contribution is -2.12. The summed E-state index contributed by atoms with van der Waals surface area (Å²) < 4.78 is 6.99. The number of ether oxygens (including phenoxy) is 1. The van der Waals surface area contributed by atoms with Crippen LogP contribution in [0.15, 0.2) is 42.5 Å². The zero-order chi connectivity index (χ0) is 25.5. The minimum atomic E-state index is -0.906. The molecule has 0 saturated heterocycles. The Bertz CT molecular complexity index is 999. The summed E-state index contributed by atoms with van der Waals surface area (Å²) in [6.45, 7) is 4.06. The second-order valence-corrected chi connectivity index (χ2v) is 9.23. The highest BCUT2D eigenvalue weighted by atomic mass is 16.5. The van der Waals surface area contributed by atoms with Gasteiger partial charge in [0.05, 0.1) is 19.0 Å². The minimum Gasteiger partial charge on any atom is -0.497 e. The molecule has 1 aromatic heterocycles. The summed E-state index contributed by atoms with van der Waals surface area (Å²) in [7, 11) is 1.58. The van der Waals surface area contributed by atoms with E-state index in [4.69, 9.17) is 4.74 Å². The lowest BCUT2D eigenvalue weighted by Gasteiger charge is -2.08. The van der Waals surface area contributed by atoms with Crippen LogP contribution in [0.1, 0.15) is 100 Å². The molecule has 0 radical (unpaired) electrons. The molecule has 0 bridgehead atoms. The van der Waals surface area contributed by atoms with E-state index in [0.717, 1.165) is 43.0 Å². The van der Waals surface area contributed by atoms with Crippen molar-refractivity contribution >= 4 is 22.8 Å². The van der Waals surface area contributed by atoms with Crippen molar-refractivity contribution in [2.24, 2.45) is 0 Å². The predicted molar refractivity (Wildman–Crippen MR) is 145 cm³/mol. The van der Waals surface area contributed by atoms with Gasteiger partial charge in [-0.05, 0) is 69.2 Å². The van der Waals surface area contributed by atoms with Gasteiger partial charge in [0.1, 0.15) is 5.75 Å². The number of carbonyl (C=O) groups excluding carboxylic acids is 1. The lowest BCUT2D eigenvalue weighted by atomic mass is 10.1. The van der Waals surface area contributed by atoms with E-state index in [1.165, 1.54) is 38.5 Å². The van der Waals surface area contributed by atoms with Crippen LogP contribution in [0, 0.1) is 6.92 Å². The molecule has 0 spiro atoms. The molecule has 2 aromatic rings. The Labute approximate surface area is 210 Å². The summed E-state index contributed by atoms with van der Waals surface area (Å²) in [4.78, 5) is 24.4. The maximum atomic E-state index is 13.0. The summed E-state index contributed by atoms with van der Waals surface area (Å²) >= 11 is 0. The van der Waals surface area contributed by atoms with Crippen molar-refractivity contribution in [2.75, 3.05) is 7.11 Å². The SMILES string of the molecule is CCCCC/C=C/C/C=C/CCCCCCCC(=O)n1c(C)c(CC(=O)O)c2cc(OC)ccc21. The van der Waals surface area contributed by atoms with Crippen molar-refractivity contribution < 1.29 is 19.4 Å². The third-order valence-electron chi connectivity index (χ3n) is 6.46. The number of carbonyl (C=O) groups is 2. The van der Waals surface area contributed by atoms with E-state index in [9.17, 15) is 14.7 Å². The van der Waals surface area contributed by atoms with Gasteiger partial charge in [-0.15, -0.1) is 0 Å². The second kappa shape index (κ2) is 16.0.